The summed E-state index contributed by atoms with van der Waals surface area (Å²) >= 11 is 0. The van der Waals surface area contributed by atoms with Gasteiger partial charge in [0.05, 0.1) is 12.5 Å². The van der Waals surface area contributed by atoms with Crippen molar-refractivity contribution in [2.75, 3.05) is 6.54 Å². The number of carbonyl (C=O) groups excluding carboxylic acids is 1. The minimum atomic E-state index is -0.974. The second-order valence-electron chi connectivity index (χ2n) is 4.38. The Labute approximate surface area is 82.6 Å². The Bertz CT molecular complexity index is 256. The summed E-state index contributed by atoms with van der Waals surface area (Å²) in [7, 11) is 0. The molecule has 1 aliphatic rings. The Kier molecular flexibility index (Phi) is 2.69. The number of ether oxygens (including phenoxy) is 1. The third kappa shape index (κ3) is 3.24. The molecular weight excluding hydrogens is 186 g/mol. The van der Waals surface area contributed by atoms with Gasteiger partial charge in [-0.2, -0.15) is 0 Å². The Morgan fingerprint density at radius 1 is 1.50 bits per heavy atom. The minimum absolute atomic E-state index is 0.156. The summed E-state index contributed by atoms with van der Waals surface area (Å²) in [4.78, 5) is 22.9. The molecule has 80 valence electrons. The summed E-state index contributed by atoms with van der Waals surface area (Å²) in [6.45, 7) is 5.79. The largest absolute Gasteiger partial charge is 0.465 e. The van der Waals surface area contributed by atoms with E-state index in [0.29, 0.717) is 6.54 Å². The zero-order valence-electron chi connectivity index (χ0n) is 8.61. The fourth-order valence-electron chi connectivity index (χ4n) is 1.16. The molecule has 1 rings (SSSR count). The molecule has 0 aromatic rings. The van der Waals surface area contributed by atoms with E-state index in [1.165, 1.54) is 4.90 Å². The highest BCUT2D eigenvalue weighted by atomic mass is 16.6. The summed E-state index contributed by atoms with van der Waals surface area (Å²) in [6, 6.07) is -0.178. The van der Waals surface area contributed by atoms with E-state index in [2.05, 4.69) is 0 Å². The second kappa shape index (κ2) is 3.48. The standard InChI is InChI=1S/C9H15NO4/c1-9(2,3)14-7(11)4-6-5-10(6)8(12)13/h6H,4-5H2,1-3H3,(H,12,13). The van der Waals surface area contributed by atoms with Crippen molar-refractivity contribution < 1.29 is 19.4 Å². The topological polar surface area (TPSA) is 66.6 Å². The molecule has 5 heteroatoms. The highest BCUT2D eigenvalue weighted by molar-refractivity contribution is 5.75. The van der Waals surface area contributed by atoms with Crippen LogP contribution in [0.15, 0.2) is 0 Å². The number of rotatable bonds is 2. The number of hydrogen-bond acceptors (Lipinski definition) is 3. The molecule has 1 fully saturated rings. The smallest absolute Gasteiger partial charge is 0.407 e. The number of carboxylic acid groups (broad SMARTS) is 1. The zero-order valence-corrected chi connectivity index (χ0v) is 8.61. The van der Waals surface area contributed by atoms with Crippen LogP contribution in [0.3, 0.4) is 0 Å². The maximum Gasteiger partial charge on any atom is 0.407 e. The number of carbonyl (C=O) groups is 2. The quantitative estimate of drug-likeness (QED) is 0.536. The first kappa shape index (κ1) is 10.8. The third-order valence-electron chi connectivity index (χ3n) is 1.78. The van der Waals surface area contributed by atoms with Gasteiger partial charge in [-0.15, -0.1) is 0 Å². The van der Waals surface area contributed by atoms with E-state index >= 15 is 0 Å². The van der Waals surface area contributed by atoms with Crippen molar-refractivity contribution in [3.63, 3.8) is 0 Å². The van der Waals surface area contributed by atoms with Crippen LogP contribution in [0.4, 0.5) is 4.79 Å². The highest BCUT2D eigenvalue weighted by Gasteiger charge is 2.40. The van der Waals surface area contributed by atoms with Crippen molar-refractivity contribution in [3.05, 3.63) is 0 Å². The van der Waals surface area contributed by atoms with E-state index in [9.17, 15) is 9.59 Å². The lowest BCUT2D eigenvalue weighted by Gasteiger charge is -2.19. The van der Waals surface area contributed by atoms with Gasteiger partial charge in [-0.25, -0.2) is 4.79 Å². The van der Waals surface area contributed by atoms with Gasteiger partial charge >= 0.3 is 12.1 Å². The maximum absolute atomic E-state index is 11.2. The van der Waals surface area contributed by atoms with E-state index in [-0.39, 0.29) is 18.4 Å². The molecule has 0 saturated carbocycles. The second-order valence-corrected chi connectivity index (χ2v) is 4.38. The average molecular weight is 201 g/mol. The first-order valence-electron chi connectivity index (χ1n) is 4.51. The predicted octanol–water partition coefficient (Wildman–Crippen LogP) is 1.08. The predicted molar refractivity (Wildman–Crippen MR) is 49.0 cm³/mol. The van der Waals surface area contributed by atoms with E-state index in [4.69, 9.17) is 9.84 Å². The minimum Gasteiger partial charge on any atom is -0.465 e. The summed E-state index contributed by atoms with van der Waals surface area (Å²) < 4.78 is 5.06. The fourth-order valence-corrected chi connectivity index (χ4v) is 1.16. The van der Waals surface area contributed by atoms with Crippen LogP contribution in [-0.4, -0.2) is 40.3 Å². The molecule has 0 radical (unpaired) electrons. The summed E-state index contributed by atoms with van der Waals surface area (Å²) in [5.74, 6) is -0.341. The van der Waals surface area contributed by atoms with Gasteiger partial charge in [0.1, 0.15) is 5.60 Å². The van der Waals surface area contributed by atoms with Crippen molar-refractivity contribution >= 4 is 12.1 Å². The number of amides is 1. The molecule has 1 heterocycles. The van der Waals surface area contributed by atoms with Crippen LogP contribution >= 0.6 is 0 Å². The van der Waals surface area contributed by atoms with Gasteiger partial charge in [-0.3, -0.25) is 4.79 Å². The molecule has 0 aliphatic carbocycles. The monoisotopic (exact) mass is 201 g/mol. The van der Waals surface area contributed by atoms with Gasteiger partial charge < -0.3 is 14.7 Å². The van der Waals surface area contributed by atoms with Crippen LogP contribution in [-0.2, 0) is 9.53 Å². The zero-order chi connectivity index (χ0) is 10.9. The van der Waals surface area contributed by atoms with Crippen LogP contribution in [0, 0.1) is 0 Å². The van der Waals surface area contributed by atoms with Crippen molar-refractivity contribution in [3.8, 4) is 0 Å². The SMILES string of the molecule is CC(C)(C)OC(=O)CC1CN1C(=O)O. The Morgan fingerprint density at radius 2 is 2.07 bits per heavy atom. The number of hydrogen-bond donors (Lipinski definition) is 1. The molecule has 1 N–H and O–H groups in total. The van der Waals surface area contributed by atoms with Crippen LogP contribution in [0.1, 0.15) is 27.2 Å². The van der Waals surface area contributed by atoms with E-state index in [1.54, 1.807) is 20.8 Å². The molecule has 5 nitrogen and oxygen atoms in total. The number of esters is 1. The average Bonchev–Trinajstić information content (AvgIpc) is 2.61. The molecule has 0 spiro atoms. The summed E-state index contributed by atoms with van der Waals surface area (Å²) in [6.07, 6.45) is -0.817. The van der Waals surface area contributed by atoms with Gasteiger partial charge in [-0.1, -0.05) is 0 Å². The first-order chi connectivity index (χ1) is 6.29. The summed E-state index contributed by atoms with van der Waals surface area (Å²) in [5.41, 5.74) is -0.500. The summed E-state index contributed by atoms with van der Waals surface area (Å²) in [5, 5.41) is 8.54. The Balaban J connectivity index is 2.27. The van der Waals surface area contributed by atoms with Crippen molar-refractivity contribution in [2.24, 2.45) is 0 Å². The Hall–Kier alpha value is -1.26. The van der Waals surface area contributed by atoms with Crippen LogP contribution in [0.2, 0.25) is 0 Å². The molecule has 0 aromatic heterocycles. The lowest BCUT2D eigenvalue weighted by molar-refractivity contribution is -0.154. The van der Waals surface area contributed by atoms with Gasteiger partial charge in [-0.05, 0) is 20.8 Å². The third-order valence-corrected chi connectivity index (χ3v) is 1.78. The molecule has 0 bridgehead atoms. The molecular formula is C9H15NO4. The molecule has 0 aromatic carbocycles. The molecule has 1 atom stereocenters. The Morgan fingerprint density at radius 3 is 2.43 bits per heavy atom. The molecule has 1 unspecified atom stereocenters. The van der Waals surface area contributed by atoms with E-state index < -0.39 is 11.7 Å². The van der Waals surface area contributed by atoms with Crippen LogP contribution in [0.5, 0.6) is 0 Å². The van der Waals surface area contributed by atoms with Gasteiger partial charge in [0.2, 0.25) is 0 Å². The van der Waals surface area contributed by atoms with Gasteiger partial charge in [0.25, 0.3) is 0 Å². The highest BCUT2D eigenvalue weighted by Crippen LogP contribution is 2.22. The van der Waals surface area contributed by atoms with Crippen LogP contribution < -0.4 is 0 Å². The van der Waals surface area contributed by atoms with Gasteiger partial charge in [0.15, 0.2) is 0 Å². The van der Waals surface area contributed by atoms with E-state index in [0.717, 1.165) is 0 Å². The van der Waals surface area contributed by atoms with Crippen molar-refractivity contribution in [2.45, 2.75) is 38.8 Å². The molecule has 1 aliphatic heterocycles. The van der Waals surface area contributed by atoms with Crippen molar-refractivity contribution in [1.82, 2.24) is 4.90 Å². The molecule has 1 amide bonds. The normalized spacial score (nSPS) is 20.5. The van der Waals surface area contributed by atoms with Gasteiger partial charge in [0, 0.05) is 6.54 Å². The molecule has 1 saturated heterocycles. The van der Waals surface area contributed by atoms with Crippen LogP contribution in [0.25, 0.3) is 0 Å². The lowest BCUT2D eigenvalue weighted by atomic mass is 10.2. The number of nitrogens with zero attached hydrogens (tertiary/aromatic N) is 1. The maximum atomic E-state index is 11.2. The fraction of sp³-hybridized carbons (Fsp3) is 0.778. The lowest BCUT2D eigenvalue weighted by Crippen LogP contribution is -2.25. The van der Waals surface area contributed by atoms with Crippen molar-refractivity contribution in [1.29, 1.82) is 0 Å². The van der Waals surface area contributed by atoms with E-state index in [1.807, 2.05) is 0 Å². The first-order valence-corrected chi connectivity index (χ1v) is 4.51. The molecule has 14 heavy (non-hydrogen) atoms.